The lowest BCUT2D eigenvalue weighted by atomic mass is 9.94. The summed E-state index contributed by atoms with van der Waals surface area (Å²) in [5, 5.41) is 21.3. The third kappa shape index (κ3) is 6.83. The lowest BCUT2D eigenvalue weighted by Gasteiger charge is -2.23. The Morgan fingerprint density at radius 2 is 1.91 bits per heavy atom. The second kappa shape index (κ2) is 14.4. The number of aliphatic hydroxyl groups excluding tert-OH is 1. The van der Waals surface area contributed by atoms with E-state index in [1.165, 1.54) is 28.0 Å². The van der Waals surface area contributed by atoms with E-state index in [-0.39, 0.29) is 22.6 Å². The van der Waals surface area contributed by atoms with E-state index >= 15 is 0 Å². The van der Waals surface area contributed by atoms with Crippen molar-refractivity contribution in [2.24, 2.45) is 0 Å². The number of amides is 1. The third-order valence-electron chi connectivity index (χ3n) is 7.86. The Morgan fingerprint density at radius 1 is 1.09 bits per heavy atom. The van der Waals surface area contributed by atoms with Gasteiger partial charge < -0.3 is 19.3 Å². The van der Waals surface area contributed by atoms with Crippen molar-refractivity contribution in [3.8, 4) is 17.2 Å². The molecule has 0 unspecified atom stereocenters. The minimum Gasteiger partial charge on any atom is -0.507 e. The second-order valence-corrected chi connectivity index (χ2v) is 13.8. The summed E-state index contributed by atoms with van der Waals surface area (Å²) in [4.78, 5) is 29.0. The number of benzene rings is 3. The molecule has 0 bridgehead atoms. The van der Waals surface area contributed by atoms with Crippen molar-refractivity contribution in [3.05, 3.63) is 93.5 Å². The first-order valence-corrected chi connectivity index (χ1v) is 17.7. The van der Waals surface area contributed by atoms with Crippen molar-refractivity contribution in [2.75, 3.05) is 18.1 Å². The Balaban J connectivity index is 1.42. The maximum Gasteiger partial charge on any atom is 0.301 e. The van der Waals surface area contributed by atoms with Crippen LogP contribution >= 0.6 is 34.7 Å². The Labute approximate surface area is 286 Å². The van der Waals surface area contributed by atoms with Gasteiger partial charge in [-0.25, -0.2) is 0 Å². The van der Waals surface area contributed by atoms with E-state index in [9.17, 15) is 14.7 Å². The molecule has 0 radical (unpaired) electrons. The van der Waals surface area contributed by atoms with Gasteiger partial charge in [0.15, 0.2) is 15.8 Å². The number of unbranched alkanes of at least 4 members (excludes halogenated alkanes) is 1. The molecule has 47 heavy (non-hydrogen) atoms. The monoisotopic (exact) mass is 691 g/mol. The molecule has 1 saturated heterocycles. The molecule has 4 aromatic rings. The number of carbonyl (C=O) groups is 2. The predicted octanol–water partition coefficient (Wildman–Crippen LogP) is 8.01. The van der Waals surface area contributed by atoms with Crippen LogP contribution in [0.15, 0.2) is 70.6 Å². The number of thioether (sulfide) groups is 1. The van der Waals surface area contributed by atoms with Crippen LogP contribution in [0.1, 0.15) is 61.9 Å². The van der Waals surface area contributed by atoms with Gasteiger partial charge in [0.1, 0.15) is 17.6 Å². The Morgan fingerprint density at radius 3 is 2.70 bits per heavy atom. The second-order valence-electron chi connectivity index (χ2n) is 11.2. The van der Waals surface area contributed by atoms with Crippen LogP contribution in [0.25, 0.3) is 5.76 Å². The fourth-order valence-electron chi connectivity index (χ4n) is 5.59. The molecule has 1 fully saturated rings. The van der Waals surface area contributed by atoms with E-state index in [4.69, 9.17) is 25.8 Å². The van der Waals surface area contributed by atoms with E-state index in [2.05, 4.69) is 17.1 Å². The molecule has 244 valence electrons. The molecule has 3 heterocycles. The van der Waals surface area contributed by atoms with Crippen LogP contribution in [0.2, 0.25) is 5.02 Å². The molecular weight excluding hydrogens is 658 g/mol. The Kier molecular flexibility index (Phi) is 10.0. The van der Waals surface area contributed by atoms with Crippen LogP contribution in [-0.4, -0.2) is 46.3 Å². The molecule has 9 nitrogen and oxygen atoms in total. The average molecular weight is 692 g/mol. The van der Waals surface area contributed by atoms with E-state index in [0.29, 0.717) is 57.4 Å². The fraction of sp³-hybridized carbons (Fsp3) is 0.314. The smallest absolute Gasteiger partial charge is 0.301 e. The van der Waals surface area contributed by atoms with Crippen molar-refractivity contribution in [3.63, 3.8) is 0 Å². The zero-order valence-electron chi connectivity index (χ0n) is 26.2. The number of anilines is 1. The molecule has 12 heteroatoms. The maximum atomic E-state index is 13.8. The number of ether oxygens (including phenoxy) is 3. The first-order valence-electron chi connectivity index (χ1n) is 15.5. The maximum absolute atomic E-state index is 13.8. The van der Waals surface area contributed by atoms with Gasteiger partial charge >= 0.3 is 5.91 Å². The van der Waals surface area contributed by atoms with E-state index in [1.807, 2.05) is 44.2 Å². The highest BCUT2D eigenvalue weighted by atomic mass is 35.5. The first kappa shape index (κ1) is 32.9. The van der Waals surface area contributed by atoms with Crippen LogP contribution in [0, 0.1) is 0 Å². The van der Waals surface area contributed by atoms with E-state index in [1.54, 1.807) is 30.3 Å². The quantitative estimate of drug-likeness (QED) is 0.0394. The summed E-state index contributed by atoms with van der Waals surface area (Å²) in [5.74, 6) is 0.411. The summed E-state index contributed by atoms with van der Waals surface area (Å²) in [7, 11) is 0. The molecule has 1 aromatic heterocycles. The highest BCUT2D eigenvalue weighted by Gasteiger charge is 2.48. The van der Waals surface area contributed by atoms with Crippen molar-refractivity contribution in [2.45, 2.75) is 62.3 Å². The van der Waals surface area contributed by atoms with Crippen molar-refractivity contribution >= 4 is 57.3 Å². The molecule has 0 aliphatic carbocycles. The summed E-state index contributed by atoms with van der Waals surface area (Å²) in [5.41, 5.74) is 2.78. The average Bonchev–Trinajstić information content (AvgIpc) is 3.76. The van der Waals surface area contributed by atoms with Gasteiger partial charge in [0.05, 0.1) is 24.8 Å². The molecule has 2 atom stereocenters. The Bertz CT molecular complexity index is 1840. The SMILES string of the molecule is CCCCOc1ccc([C@@H]2/C(=C(\O)c3ccc4c(c3)C[C@H](C)O4)C(=O)C(=O)N2c2nnc(SCc3ccccc3Cl)s2)cc1OCC. The predicted molar refractivity (Wildman–Crippen MR) is 184 cm³/mol. The molecule has 2 aliphatic rings. The highest BCUT2D eigenvalue weighted by Crippen LogP contribution is 2.46. The summed E-state index contributed by atoms with van der Waals surface area (Å²) >= 11 is 8.97. The summed E-state index contributed by atoms with van der Waals surface area (Å²) in [6.45, 7) is 6.83. The van der Waals surface area contributed by atoms with Crippen molar-refractivity contribution < 1.29 is 28.9 Å². The molecule has 0 spiro atoms. The zero-order valence-corrected chi connectivity index (χ0v) is 28.6. The number of nitrogens with zero attached hydrogens (tertiary/aromatic N) is 3. The van der Waals surface area contributed by atoms with Crippen molar-refractivity contribution in [1.82, 2.24) is 10.2 Å². The fourth-order valence-corrected chi connectivity index (χ4v) is 7.75. The number of fused-ring (bicyclic) bond motifs is 1. The van der Waals surface area contributed by atoms with Crippen LogP contribution in [-0.2, 0) is 21.8 Å². The molecule has 1 amide bonds. The minimum atomic E-state index is -1.00. The van der Waals surface area contributed by atoms with Crippen LogP contribution < -0.4 is 19.1 Å². The molecule has 1 N–H and O–H groups in total. The molecule has 3 aromatic carbocycles. The number of Topliss-reactive ketones (excluding diaryl/α,β-unsaturated/α-hetero) is 1. The number of hydrogen-bond donors (Lipinski definition) is 1. The molecule has 2 aliphatic heterocycles. The summed E-state index contributed by atoms with van der Waals surface area (Å²) in [6, 6.07) is 17.1. The van der Waals surface area contributed by atoms with Gasteiger partial charge in [-0.1, -0.05) is 72.3 Å². The van der Waals surface area contributed by atoms with Gasteiger partial charge in [-0.05, 0) is 73.4 Å². The van der Waals surface area contributed by atoms with Gasteiger partial charge in [-0.2, -0.15) is 0 Å². The summed E-state index contributed by atoms with van der Waals surface area (Å²) < 4.78 is 18.4. The lowest BCUT2D eigenvalue weighted by Crippen LogP contribution is -2.29. The molecule has 0 saturated carbocycles. The van der Waals surface area contributed by atoms with Gasteiger partial charge in [0, 0.05) is 22.8 Å². The highest BCUT2D eigenvalue weighted by molar-refractivity contribution is 8.00. The molecule has 6 rings (SSSR count). The Hall–Kier alpha value is -4.06. The minimum absolute atomic E-state index is 0.00501. The normalized spacial score (nSPS) is 18.3. The van der Waals surface area contributed by atoms with Gasteiger partial charge in [-0.15, -0.1) is 10.2 Å². The van der Waals surface area contributed by atoms with Gasteiger partial charge in [0.25, 0.3) is 5.78 Å². The summed E-state index contributed by atoms with van der Waals surface area (Å²) in [6.07, 6.45) is 2.53. The van der Waals surface area contributed by atoms with Crippen molar-refractivity contribution in [1.29, 1.82) is 0 Å². The third-order valence-corrected chi connectivity index (χ3v) is 10.3. The van der Waals surface area contributed by atoms with Gasteiger partial charge in [-0.3, -0.25) is 14.5 Å². The number of halogens is 1. The van der Waals surface area contributed by atoms with E-state index < -0.39 is 17.7 Å². The number of rotatable bonds is 12. The topological polar surface area (TPSA) is 111 Å². The zero-order chi connectivity index (χ0) is 33.1. The number of aromatic nitrogens is 2. The number of hydrogen-bond acceptors (Lipinski definition) is 10. The molecular formula is C35H34ClN3O6S2. The first-order chi connectivity index (χ1) is 22.8. The van der Waals surface area contributed by atoms with Gasteiger partial charge in [0.2, 0.25) is 5.13 Å². The van der Waals surface area contributed by atoms with Crippen LogP contribution in [0.4, 0.5) is 5.13 Å². The largest absolute Gasteiger partial charge is 0.507 e. The number of carbonyl (C=O) groups excluding carboxylic acids is 2. The number of ketones is 1. The number of aliphatic hydroxyl groups is 1. The van der Waals surface area contributed by atoms with E-state index in [0.717, 1.165) is 29.7 Å². The lowest BCUT2D eigenvalue weighted by molar-refractivity contribution is -0.132. The standard InChI is InChI=1S/C35H34ClN3O6S2/c1-4-6-15-44-27-14-11-21(18-28(27)43-5-2)30-29(31(40)22-12-13-26-24(17-22)16-20(3)45-26)32(41)33(42)39(30)34-37-38-35(47-34)46-19-23-9-7-8-10-25(23)36/h7-14,17-18,20,30,40H,4-6,15-16,19H2,1-3H3/b31-29+/t20-,30+/m0/s1. The van der Waals surface area contributed by atoms with Crippen LogP contribution in [0.3, 0.4) is 0 Å². The van der Waals surface area contributed by atoms with Crippen LogP contribution in [0.5, 0.6) is 17.2 Å².